The van der Waals surface area contributed by atoms with Crippen molar-refractivity contribution in [3.05, 3.63) is 0 Å². The Hall–Kier alpha value is -0.623. The number of unbranched alkanes of at least 4 members (excludes halogenated alkanes) is 2. The van der Waals surface area contributed by atoms with Crippen molar-refractivity contribution < 1.29 is 4.79 Å². The molecule has 0 aromatic carbocycles. The minimum absolute atomic E-state index is 0.102. The molecule has 0 N–H and O–H groups in total. The molecule has 3 heteroatoms. The van der Waals surface area contributed by atoms with Gasteiger partial charge in [0.05, 0.1) is 12.5 Å². The van der Waals surface area contributed by atoms with E-state index in [2.05, 4.69) is 6.92 Å². The van der Waals surface area contributed by atoms with Crippen LogP contribution in [0.5, 0.6) is 0 Å². The lowest BCUT2D eigenvalue weighted by Crippen LogP contribution is -2.06. The minimum atomic E-state index is 0.102. The highest BCUT2D eigenvalue weighted by Gasteiger charge is 2.00. The number of nitrogens with zero attached hydrogens (tertiary/aromatic N) is 1. The Morgan fingerprint density at radius 2 is 2.27 bits per heavy atom. The maximum Gasteiger partial charge on any atom is 0.134 e. The highest BCUT2D eigenvalue weighted by atomic mass is 28.2. The van der Waals surface area contributed by atoms with Gasteiger partial charge in [-0.15, -0.1) is 0 Å². The summed E-state index contributed by atoms with van der Waals surface area (Å²) in [6.45, 7) is 2.14. The molecule has 0 atom stereocenters. The fraction of sp³-hybridized carbons (Fsp3) is 0.750. The second kappa shape index (κ2) is 7.48. The first-order valence-corrected chi connectivity index (χ1v) is 5.15. The SMILES string of the molecule is CCCCC[Si]C(=O)CC#N. The highest BCUT2D eigenvalue weighted by Crippen LogP contribution is 1.98. The number of hydrogen-bond donors (Lipinski definition) is 0. The van der Waals surface area contributed by atoms with Crippen LogP contribution in [0.3, 0.4) is 0 Å². The zero-order valence-corrected chi connectivity index (χ0v) is 7.89. The van der Waals surface area contributed by atoms with E-state index in [1.807, 2.05) is 6.07 Å². The molecule has 0 aliphatic carbocycles. The van der Waals surface area contributed by atoms with Crippen LogP contribution >= 0.6 is 0 Å². The molecule has 2 nitrogen and oxygen atoms in total. The zero-order valence-electron chi connectivity index (χ0n) is 6.89. The van der Waals surface area contributed by atoms with Crippen LogP contribution in [-0.2, 0) is 4.79 Å². The third-order valence-electron chi connectivity index (χ3n) is 1.34. The monoisotopic (exact) mass is 167 g/mol. The Morgan fingerprint density at radius 1 is 1.55 bits per heavy atom. The number of rotatable bonds is 6. The third kappa shape index (κ3) is 7.27. The van der Waals surface area contributed by atoms with Gasteiger partial charge in [0, 0.05) is 0 Å². The Balaban J connectivity index is 3.12. The first kappa shape index (κ1) is 10.4. The van der Waals surface area contributed by atoms with Gasteiger partial charge in [0.25, 0.3) is 0 Å². The van der Waals surface area contributed by atoms with Crippen LogP contribution in [0.4, 0.5) is 0 Å². The second-order valence-corrected chi connectivity index (χ2v) is 3.80. The fourth-order valence-corrected chi connectivity index (χ4v) is 1.65. The highest BCUT2D eigenvalue weighted by molar-refractivity contribution is 6.74. The molecule has 0 saturated carbocycles. The normalized spacial score (nSPS) is 9.09. The summed E-state index contributed by atoms with van der Waals surface area (Å²) in [5.74, 6) is 0. The summed E-state index contributed by atoms with van der Waals surface area (Å²) in [5.41, 5.74) is 0. The molecule has 0 aliphatic rings. The van der Waals surface area contributed by atoms with Gasteiger partial charge in [-0.2, -0.15) is 5.26 Å². The average Bonchev–Trinajstić information content (AvgIpc) is 1.99. The summed E-state index contributed by atoms with van der Waals surface area (Å²) in [6.07, 6.45) is 3.63. The lowest BCUT2D eigenvalue weighted by atomic mass is 10.3. The maximum atomic E-state index is 10.8. The number of carbonyl (C=O) groups is 1. The molecule has 0 bridgehead atoms. The predicted octanol–water partition coefficient (Wildman–Crippen LogP) is 1.74. The van der Waals surface area contributed by atoms with Crippen molar-refractivity contribution in [2.75, 3.05) is 0 Å². The Kier molecular flexibility index (Phi) is 7.06. The summed E-state index contributed by atoms with van der Waals surface area (Å²) < 4.78 is 0. The number of carbonyl (C=O) groups excluding carboxylic acids is 1. The molecule has 0 fully saturated rings. The Labute approximate surface area is 70.4 Å². The molecule has 60 valence electrons. The summed E-state index contributed by atoms with van der Waals surface area (Å²) in [5, 5.41) is 8.29. The van der Waals surface area contributed by atoms with E-state index in [9.17, 15) is 4.79 Å². The third-order valence-corrected chi connectivity index (χ3v) is 2.52. The van der Waals surface area contributed by atoms with Crippen molar-refractivity contribution in [3.63, 3.8) is 0 Å². The van der Waals surface area contributed by atoms with E-state index in [-0.39, 0.29) is 11.8 Å². The summed E-state index contributed by atoms with van der Waals surface area (Å²) in [7, 11) is 0.361. The molecular weight excluding hydrogens is 154 g/mol. The maximum absolute atomic E-state index is 10.8. The van der Waals surface area contributed by atoms with Gasteiger partial charge in [-0.25, -0.2) is 0 Å². The molecule has 0 spiro atoms. The number of nitriles is 1. The summed E-state index contributed by atoms with van der Waals surface area (Å²) >= 11 is 0. The molecule has 0 heterocycles. The van der Waals surface area contributed by atoms with Crippen LogP contribution in [0.25, 0.3) is 0 Å². The quantitative estimate of drug-likeness (QED) is 0.446. The van der Waals surface area contributed by atoms with Gasteiger partial charge in [0.15, 0.2) is 0 Å². The summed E-state index contributed by atoms with van der Waals surface area (Å²) in [6, 6.07) is 2.85. The van der Waals surface area contributed by atoms with Gasteiger partial charge < -0.3 is 4.79 Å². The van der Waals surface area contributed by atoms with Crippen LogP contribution in [0, 0.1) is 11.3 Å². The van der Waals surface area contributed by atoms with Gasteiger partial charge in [-0.1, -0.05) is 32.2 Å². The van der Waals surface area contributed by atoms with Gasteiger partial charge in [0.1, 0.15) is 14.9 Å². The molecule has 0 unspecified atom stereocenters. The Morgan fingerprint density at radius 3 is 2.82 bits per heavy atom. The lowest BCUT2D eigenvalue weighted by Gasteiger charge is -1.93. The van der Waals surface area contributed by atoms with E-state index in [0.29, 0.717) is 9.52 Å². The molecule has 11 heavy (non-hydrogen) atoms. The van der Waals surface area contributed by atoms with E-state index in [1.165, 1.54) is 12.8 Å². The van der Waals surface area contributed by atoms with Crippen molar-refractivity contribution in [1.29, 1.82) is 5.26 Å². The summed E-state index contributed by atoms with van der Waals surface area (Å²) in [4.78, 5) is 10.8. The number of hydrogen-bond acceptors (Lipinski definition) is 2. The first-order chi connectivity index (χ1) is 5.31. The van der Waals surface area contributed by atoms with Crippen molar-refractivity contribution in [3.8, 4) is 6.07 Å². The molecule has 0 aromatic rings. The van der Waals surface area contributed by atoms with Crippen molar-refractivity contribution in [2.24, 2.45) is 0 Å². The van der Waals surface area contributed by atoms with Gasteiger partial charge in [0.2, 0.25) is 0 Å². The van der Waals surface area contributed by atoms with E-state index >= 15 is 0 Å². The van der Waals surface area contributed by atoms with E-state index < -0.39 is 0 Å². The molecule has 0 rings (SSSR count). The van der Waals surface area contributed by atoms with Crippen LogP contribution in [0.2, 0.25) is 6.04 Å². The van der Waals surface area contributed by atoms with Crippen LogP contribution in [0.1, 0.15) is 32.6 Å². The molecule has 2 radical (unpaired) electrons. The van der Waals surface area contributed by atoms with Gasteiger partial charge in [-0.3, -0.25) is 0 Å². The van der Waals surface area contributed by atoms with Crippen molar-refractivity contribution in [2.45, 2.75) is 38.7 Å². The zero-order chi connectivity index (χ0) is 8.53. The van der Waals surface area contributed by atoms with E-state index in [1.54, 1.807) is 0 Å². The van der Waals surface area contributed by atoms with Crippen molar-refractivity contribution in [1.82, 2.24) is 0 Å². The van der Waals surface area contributed by atoms with Crippen LogP contribution < -0.4 is 0 Å². The second-order valence-electron chi connectivity index (χ2n) is 2.39. The fourth-order valence-electron chi connectivity index (χ4n) is 0.737. The molecule has 0 amide bonds. The molecule has 0 aromatic heterocycles. The molecular formula is C8H13NOSi. The predicted molar refractivity (Wildman–Crippen MR) is 45.3 cm³/mol. The van der Waals surface area contributed by atoms with Gasteiger partial charge >= 0.3 is 0 Å². The standard InChI is InChI=1S/C8H13NOSi/c1-2-3-4-7-11-8(10)5-6-9/h2-5,7H2,1H3. The first-order valence-electron chi connectivity index (χ1n) is 3.95. The Bertz CT molecular complexity index is 151. The van der Waals surface area contributed by atoms with Gasteiger partial charge in [-0.05, 0) is 0 Å². The van der Waals surface area contributed by atoms with Crippen molar-refractivity contribution >= 4 is 14.9 Å². The average molecular weight is 167 g/mol. The molecule has 0 saturated heterocycles. The minimum Gasteiger partial charge on any atom is -0.305 e. The van der Waals surface area contributed by atoms with E-state index in [4.69, 9.17) is 5.26 Å². The van der Waals surface area contributed by atoms with Crippen LogP contribution in [-0.4, -0.2) is 14.9 Å². The van der Waals surface area contributed by atoms with Crippen LogP contribution in [0.15, 0.2) is 0 Å². The van der Waals surface area contributed by atoms with E-state index in [0.717, 1.165) is 12.5 Å². The lowest BCUT2D eigenvalue weighted by molar-refractivity contribution is -0.111. The topological polar surface area (TPSA) is 40.9 Å². The largest absolute Gasteiger partial charge is 0.305 e. The molecule has 0 aliphatic heterocycles. The smallest absolute Gasteiger partial charge is 0.134 e.